The molecule has 0 saturated carbocycles. The number of hydrogen-bond donors (Lipinski definition) is 1. The Morgan fingerprint density at radius 2 is 2.11 bits per heavy atom. The lowest BCUT2D eigenvalue weighted by Gasteiger charge is -2.39. The summed E-state index contributed by atoms with van der Waals surface area (Å²) in [6.45, 7) is 4.28. The Morgan fingerprint density at radius 1 is 1.42 bits per heavy atom. The molecular weight excluding hydrogens is 280 g/mol. The number of aromatic nitrogens is 2. The van der Waals surface area contributed by atoms with Crippen molar-refractivity contribution in [3.05, 3.63) is 0 Å². The molecule has 2 rings (SSSR count). The number of hydrogen-bond acceptors (Lipinski definition) is 6. The number of nitrogens with zero attached hydrogens (tertiary/aromatic N) is 3. The van der Waals surface area contributed by atoms with Gasteiger partial charge in [-0.1, -0.05) is 23.1 Å². The van der Waals surface area contributed by atoms with Crippen LogP contribution in [0.1, 0.15) is 33.1 Å². The zero-order valence-corrected chi connectivity index (χ0v) is 13.2. The van der Waals surface area contributed by atoms with Crippen LogP contribution in [0, 0.1) is 0 Å². The molecule has 0 unspecified atom stereocenters. The number of anilines is 1. The standard InChI is InChI=1S/C12H20N4OS2/c1-8-5-4-6-9(2)16(8)10(17)7-18-12-15-14-11(13-3)19-12/h8-9H,4-7H2,1-3H3,(H,13,14)/t8-,9-/m0/s1. The molecule has 1 aliphatic heterocycles. The van der Waals surface area contributed by atoms with E-state index >= 15 is 0 Å². The number of piperidine rings is 1. The highest BCUT2D eigenvalue weighted by molar-refractivity contribution is 8.01. The zero-order valence-electron chi connectivity index (χ0n) is 11.5. The fourth-order valence-corrected chi connectivity index (χ4v) is 4.05. The third kappa shape index (κ3) is 3.60. The van der Waals surface area contributed by atoms with Gasteiger partial charge in [-0.05, 0) is 33.1 Å². The summed E-state index contributed by atoms with van der Waals surface area (Å²) in [6, 6.07) is 0.721. The smallest absolute Gasteiger partial charge is 0.233 e. The van der Waals surface area contributed by atoms with E-state index in [1.165, 1.54) is 29.5 Å². The lowest BCUT2D eigenvalue weighted by atomic mass is 9.98. The fourth-order valence-electron chi connectivity index (χ4n) is 2.48. The molecule has 1 aromatic rings. The van der Waals surface area contributed by atoms with Crippen molar-refractivity contribution in [2.75, 3.05) is 18.1 Å². The molecule has 1 amide bonds. The monoisotopic (exact) mass is 300 g/mol. The summed E-state index contributed by atoms with van der Waals surface area (Å²) in [6.07, 6.45) is 3.45. The van der Waals surface area contributed by atoms with E-state index in [1.807, 2.05) is 11.9 Å². The largest absolute Gasteiger partial charge is 0.363 e. The van der Waals surface area contributed by atoms with Gasteiger partial charge in [0.25, 0.3) is 0 Å². The maximum Gasteiger partial charge on any atom is 0.233 e. The van der Waals surface area contributed by atoms with Gasteiger partial charge in [-0.15, -0.1) is 10.2 Å². The van der Waals surface area contributed by atoms with E-state index in [2.05, 4.69) is 29.4 Å². The molecule has 2 atom stereocenters. The molecule has 7 heteroatoms. The summed E-state index contributed by atoms with van der Waals surface area (Å²) in [5.41, 5.74) is 0. The van der Waals surface area contributed by atoms with E-state index in [1.54, 1.807) is 0 Å². The summed E-state index contributed by atoms with van der Waals surface area (Å²) in [5, 5.41) is 11.7. The van der Waals surface area contributed by atoms with Gasteiger partial charge in [0.1, 0.15) is 0 Å². The van der Waals surface area contributed by atoms with E-state index in [0.717, 1.165) is 22.3 Å². The maximum absolute atomic E-state index is 12.3. The maximum atomic E-state index is 12.3. The molecule has 5 nitrogen and oxygen atoms in total. The highest BCUT2D eigenvalue weighted by Crippen LogP contribution is 2.27. The van der Waals surface area contributed by atoms with Crippen molar-refractivity contribution >= 4 is 34.1 Å². The Balaban J connectivity index is 1.89. The Bertz CT molecular complexity index is 427. The molecule has 0 radical (unpaired) electrons. The Morgan fingerprint density at radius 3 is 2.68 bits per heavy atom. The summed E-state index contributed by atoms with van der Waals surface area (Å²) in [4.78, 5) is 14.4. The molecule has 1 fully saturated rings. The van der Waals surface area contributed by atoms with Gasteiger partial charge in [-0.25, -0.2) is 0 Å². The van der Waals surface area contributed by atoms with Gasteiger partial charge in [0.05, 0.1) is 5.75 Å². The number of nitrogens with one attached hydrogen (secondary N) is 1. The first-order valence-corrected chi connectivity index (χ1v) is 8.37. The number of rotatable bonds is 4. The zero-order chi connectivity index (χ0) is 13.8. The Kier molecular flexibility index (Phi) is 5.04. The molecule has 2 heterocycles. The van der Waals surface area contributed by atoms with Crippen LogP contribution < -0.4 is 5.32 Å². The topological polar surface area (TPSA) is 58.1 Å². The minimum absolute atomic E-state index is 0.214. The third-order valence-corrected chi connectivity index (χ3v) is 5.48. The molecule has 1 aliphatic rings. The third-order valence-electron chi connectivity index (χ3n) is 3.42. The van der Waals surface area contributed by atoms with Crippen LogP contribution in [0.2, 0.25) is 0 Å². The lowest BCUT2D eigenvalue weighted by molar-refractivity contribution is -0.134. The second-order valence-electron chi connectivity index (χ2n) is 4.84. The van der Waals surface area contributed by atoms with Gasteiger partial charge in [-0.2, -0.15) is 0 Å². The molecule has 106 valence electrons. The molecule has 1 N–H and O–H groups in total. The molecule has 0 aromatic carbocycles. The number of carbonyl (C=O) groups excluding carboxylic acids is 1. The van der Waals surface area contributed by atoms with Crippen LogP contribution in [0.3, 0.4) is 0 Å². The van der Waals surface area contributed by atoms with E-state index in [-0.39, 0.29) is 5.91 Å². The first kappa shape index (κ1) is 14.6. The van der Waals surface area contributed by atoms with Crippen LogP contribution in [0.5, 0.6) is 0 Å². The SMILES string of the molecule is CNc1nnc(SCC(=O)N2[C@@H](C)CCC[C@@H]2C)s1. The number of likely N-dealkylation sites (tertiary alicyclic amines) is 1. The van der Waals surface area contributed by atoms with Crippen molar-refractivity contribution in [3.63, 3.8) is 0 Å². The Labute approximate surface area is 122 Å². The summed E-state index contributed by atoms with van der Waals surface area (Å²) in [7, 11) is 1.82. The molecule has 1 saturated heterocycles. The van der Waals surface area contributed by atoms with Crippen molar-refractivity contribution in [2.45, 2.75) is 49.5 Å². The quantitative estimate of drug-likeness (QED) is 0.866. The fraction of sp³-hybridized carbons (Fsp3) is 0.750. The van der Waals surface area contributed by atoms with Crippen LogP contribution in [0.25, 0.3) is 0 Å². The second-order valence-corrected chi connectivity index (χ2v) is 7.04. The van der Waals surface area contributed by atoms with E-state index < -0.39 is 0 Å². The van der Waals surface area contributed by atoms with Crippen LogP contribution in [-0.4, -0.2) is 45.9 Å². The van der Waals surface area contributed by atoms with Crippen molar-refractivity contribution in [1.29, 1.82) is 0 Å². The second kappa shape index (κ2) is 6.56. The lowest BCUT2D eigenvalue weighted by Crippen LogP contribution is -2.48. The molecule has 0 bridgehead atoms. The first-order chi connectivity index (χ1) is 9.11. The molecule has 1 aromatic heterocycles. The van der Waals surface area contributed by atoms with Gasteiger partial charge in [0, 0.05) is 19.1 Å². The van der Waals surface area contributed by atoms with Gasteiger partial charge >= 0.3 is 0 Å². The highest BCUT2D eigenvalue weighted by atomic mass is 32.2. The molecule has 0 spiro atoms. The summed E-state index contributed by atoms with van der Waals surface area (Å²) >= 11 is 2.96. The molecule has 19 heavy (non-hydrogen) atoms. The number of amides is 1. The van der Waals surface area contributed by atoms with Crippen molar-refractivity contribution in [1.82, 2.24) is 15.1 Å². The minimum Gasteiger partial charge on any atom is -0.363 e. The predicted octanol–water partition coefficient (Wildman–Crippen LogP) is 2.46. The van der Waals surface area contributed by atoms with Gasteiger partial charge in [0.2, 0.25) is 11.0 Å². The number of thioether (sulfide) groups is 1. The normalized spacial score (nSPS) is 23.4. The van der Waals surface area contributed by atoms with Gasteiger partial charge in [-0.3, -0.25) is 4.79 Å². The van der Waals surface area contributed by atoms with E-state index in [0.29, 0.717) is 17.8 Å². The Hall–Kier alpha value is -0.820. The average molecular weight is 300 g/mol. The van der Waals surface area contributed by atoms with Crippen LogP contribution >= 0.6 is 23.1 Å². The van der Waals surface area contributed by atoms with Crippen molar-refractivity contribution in [2.24, 2.45) is 0 Å². The van der Waals surface area contributed by atoms with E-state index in [4.69, 9.17) is 0 Å². The molecule has 0 aliphatic carbocycles. The highest BCUT2D eigenvalue weighted by Gasteiger charge is 2.28. The number of carbonyl (C=O) groups is 1. The van der Waals surface area contributed by atoms with Gasteiger partial charge in [0.15, 0.2) is 4.34 Å². The molecular formula is C12H20N4OS2. The predicted molar refractivity (Wildman–Crippen MR) is 79.8 cm³/mol. The summed E-state index contributed by atoms with van der Waals surface area (Å²) < 4.78 is 0.843. The van der Waals surface area contributed by atoms with Crippen LogP contribution in [0.15, 0.2) is 4.34 Å². The van der Waals surface area contributed by atoms with Crippen LogP contribution in [0.4, 0.5) is 5.13 Å². The first-order valence-electron chi connectivity index (χ1n) is 6.57. The average Bonchev–Trinajstić information content (AvgIpc) is 2.84. The van der Waals surface area contributed by atoms with Crippen molar-refractivity contribution < 1.29 is 4.79 Å². The summed E-state index contributed by atoms with van der Waals surface area (Å²) in [5.74, 6) is 0.665. The van der Waals surface area contributed by atoms with E-state index in [9.17, 15) is 4.79 Å². The van der Waals surface area contributed by atoms with Crippen molar-refractivity contribution in [3.8, 4) is 0 Å². The van der Waals surface area contributed by atoms with Crippen LogP contribution in [-0.2, 0) is 4.79 Å². The van der Waals surface area contributed by atoms with Gasteiger partial charge < -0.3 is 10.2 Å². The minimum atomic E-state index is 0.214.